The minimum atomic E-state index is -4.03. The molecule has 0 aliphatic carbocycles. The molecule has 0 unspecified atom stereocenters. The van der Waals surface area contributed by atoms with Crippen LogP contribution in [0.4, 0.5) is 0 Å². The third-order valence-electron chi connectivity index (χ3n) is 4.06. The number of Topliss-reactive ketones (excluding diaryl/α,β-unsaturated/α-hetero) is 4. The van der Waals surface area contributed by atoms with Crippen LogP contribution >= 0.6 is 0 Å². The van der Waals surface area contributed by atoms with Gasteiger partial charge in [-0.05, 0) is 27.7 Å². The molecule has 0 rings (SSSR count). The van der Waals surface area contributed by atoms with Gasteiger partial charge in [0.25, 0.3) is 0 Å². The number of rotatable bonds is 9. The zero-order valence-electron chi connectivity index (χ0n) is 13.4. The average Bonchev–Trinajstić information content (AvgIpc) is 2.50. The first-order valence-corrected chi connectivity index (χ1v) is 6.51. The maximum absolute atomic E-state index is 11.9. The Bertz CT molecular complexity index is 571. The third kappa shape index (κ3) is 2.35. The van der Waals surface area contributed by atoms with Gasteiger partial charge in [-0.15, -0.1) is 0 Å². The van der Waals surface area contributed by atoms with Gasteiger partial charge < -0.3 is 20.4 Å². The highest BCUT2D eigenvalue weighted by Gasteiger charge is 2.77. The van der Waals surface area contributed by atoms with Gasteiger partial charge in [-0.25, -0.2) is 0 Å². The number of hydrogen-bond acceptors (Lipinski definition) is 10. The monoisotopic (exact) mass is 346 g/mol. The predicted octanol–water partition coefficient (Wildman–Crippen LogP) is -3.34. The lowest BCUT2D eigenvalue weighted by molar-refractivity contribution is -0.252. The van der Waals surface area contributed by atoms with Crippen LogP contribution in [-0.4, -0.2) is 78.5 Å². The van der Waals surface area contributed by atoms with Crippen LogP contribution in [0.2, 0.25) is 0 Å². The Morgan fingerprint density at radius 1 is 0.583 bits per heavy atom. The standard InChI is InChI=1S/C14H18O10/c1-7(17)11(21,5-15)13(23,9(3)19)14(24,10(4)20)12(22,6-16)8(2)18/h5-6,21-24H,1-4H3/t11-,12+,13-,14+. The van der Waals surface area contributed by atoms with E-state index in [4.69, 9.17) is 0 Å². The quantitative estimate of drug-likeness (QED) is 0.243. The summed E-state index contributed by atoms with van der Waals surface area (Å²) in [6.07, 6.45) is -1.29. The zero-order valence-corrected chi connectivity index (χ0v) is 13.4. The van der Waals surface area contributed by atoms with Gasteiger partial charge in [0, 0.05) is 0 Å². The molecule has 4 atom stereocenters. The highest BCUT2D eigenvalue weighted by molar-refractivity contribution is 6.16. The minimum absolute atomic E-state index is 0.469. The van der Waals surface area contributed by atoms with Crippen molar-refractivity contribution >= 4 is 35.7 Å². The maximum atomic E-state index is 11.9. The largest absolute Gasteiger partial charge is 0.375 e. The van der Waals surface area contributed by atoms with Crippen LogP contribution in [0.15, 0.2) is 0 Å². The first-order chi connectivity index (χ1) is 10.6. The minimum Gasteiger partial charge on any atom is -0.375 e. The van der Waals surface area contributed by atoms with E-state index in [9.17, 15) is 49.2 Å². The molecule has 0 amide bonds. The fraction of sp³-hybridized carbons (Fsp3) is 0.571. The maximum Gasteiger partial charge on any atom is 0.217 e. The second-order valence-electron chi connectivity index (χ2n) is 5.41. The molecule has 4 N–H and O–H groups in total. The van der Waals surface area contributed by atoms with E-state index in [2.05, 4.69) is 0 Å². The van der Waals surface area contributed by atoms with Gasteiger partial charge in [0.1, 0.15) is 0 Å². The summed E-state index contributed by atoms with van der Waals surface area (Å²) in [5.74, 6) is -6.64. The number of hydrogen-bond donors (Lipinski definition) is 4. The fourth-order valence-electron chi connectivity index (χ4n) is 2.44. The first kappa shape index (κ1) is 21.9. The van der Waals surface area contributed by atoms with Crippen LogP contribution in [0.25, 0.3) is 0 Å². The van der Waals surface area contributed by atoms with Crippen molar-refractivity contribution in [2.45, 2.75) is 50.1 Å². The van der Waals surface area contributed by atoms with Gasteiger partial charge in [0.15, 0.2) is 35.7 Å². The number of carbonyl (C=O) groups is 6. The molecule has 0 heterocycles. The first-order valence-electron chi connectivity index (χ1n) is 6.51. The molecule has 0 saturated carbocycles. The van der Waals surface area contributed by atoms with E-state index in [0.717, 1.165) is 0 Å². The molecule has 24 heavy (non-hydrogen) atoms. The summed E-state index contributed by atoms with van der Waals surface area (Å²) in [6.45, 7) is 2.01. The zero-order chi connectivity index (χ0) is 19.7. The molecule has 0 spiro atoms. The molecule has 0 bridgehead atoms. The summed E-state index contributed by atoms with van der Waals surface area (Å²) in [6, 6.07) is 0. The second kappa shape index (κ2) is 6.40. The Morgan fingerprint density at radius 3 is 0.875 bits per heavy atom. The van der Waals surface area contributed by atoms with E-state index < -0.39 is 58.1 Å². The van der Waals surface area contributed by atoms with Crippen LogP contribution in [0.3, 0.4) is 0 Å². The normalized spacial score (nSPS) is 21.2. The van der Waals surface area contributed by atoms with E-state index in [0.29, 0.717) is 27.7 Å². The van der Waals surface area contributed by atoms with E-state index in [1.807, 2.05) is 0 Å². The fourth-order valence-corrected chi connectivity index (χ4v) is 2.44. The molecule has 134 valence electrons. The average molecular weight is 346 g/mol. The summed E-state index contributed by atoms with van der Waals surface area (Å²) in [7, 11) is 0. The van der Waals surface area contributed by atoms with Gasteiger partial charge in [-0.2, -0.15) is 0 Å². The van der Waals surface area contributed by atoms with Crippen molar-refractivity contribution in [3.8, 4) is 0 Å². The van der Waals surface area contributed by atoms with Crippen LogP contribution in [0.1, 0.15) is 27.7 Å². The molecule has 0 aromatic heterocycles. The second-order valence-corrected chi connectivity index (χ2v) is 5.41. The van der Waals surface area contributed by atoms with Crippen LogP contribution in [-0.2, 0) is 28.8 Å². The topological polar surface area (TPSA) is 183 Å². The van der Waals surface area contributed by atoms with Crippen LogP contribution in [0.5, 0.6) is 0 Å². The Morgan fingerprint density at radius 2 is 0.792 bits per heavy atom. The van der Waals surface area contributed by atoms with Crippen LogP contribution in [0, 0.1) is 0 Å². The summed E-state index contributed by atoms with van der Waals surface area (Å²) in [5, 5.41) is 41.5. The van der Waals surface area contributed by atoms with E-state index in [1.54, 1.807) is 0 Å². The van der Waals surface area contributed by atoms with Crippen LogP contribution < -0.4 is 0 Å². The summed E-state index contributed by atoms with van der Waals surface area (Å²) >= 11 is 0. The third-order valence-corrected chi connectivity index (χ3v) is 4.06. The summed E-state index contributed by atoms with van der Waals surface area (Å²) < 4.78 is 0. The van der Waals surface area contributed by atoms with Gasteiger partial charge in [-0.3, -0.25) is 28.8 Å². The lowest BCUT2D eigenvalue weighted by Gasteiger charge is -2.50. The molecule has 10 heteroatoms. The Kier molecular flexibility index (Phi) is 5.83. The molecule has 0 saturated heterocycles. The van der Waals surface area contributed by atoms with Crippen molar-refractivity contribution in [2.24, 2.45) is 0 Å². The smallest absolute Gasteiger partial charge is 0.217 e. The van der Waals surface area contributed by atoms with Crippen molar-refractivity contribution < 1.29 is 49.2 Å². The van der Waals surface area contributed by atoms with Crippen molar-refractivity contribution in [3.63, 3.8) is 0 Å². The predicted molar refractivity (Wildman–Crippen MR) is 74.7 cm³/mol. The van der Waals surface area contributed by atoms with Crippen molar-refractivity contribution in [1.82, 2.24) is 0 Å². The van der Waals surface area contributed by atoms with E-state index >= 15 is 0 Å². The molecule has 10 nitrogen and oxygen atoms in total. The number of aldehydes is 2. The van der Waals surface area contributed by atoms with Crippen molar-refractivity contribution in [2.75, 3.05) is 0 Å². The summed E-state index contributed by atoms with van der Waals surface area (Å²) in [5.41, 5.74) is -15.5. The molecule has 0 fully saturated rings. The molecular formula is C14H18O10. The number of aliphatic hydroxyl groups is 4. The molecule has 0 aromatic carbocycles. The Labute approximate surface area is 136 Å². The lowest BCUT2D eigenvalue weighted by Crippen LogP contribution is -2.84. The van der Waals surface area contributed by atoms with Crippen molar-refractivity contribution in [3.05, 3.63) is 0 Å². The van der Waals surface area contributed by atoms with E-state index in [1.165, 1.54) is 0 Å². The molecular weight excluding hydrogens is 328 g/mol. The molecule has 0 aromatic rings. The Hall–Kier alpha value is -2.14. The van der Waals surface area contributed by atoms with Crippen molar-refractivity contribution in [1.29, 1.82) is 0 Å². The van der Waals surface area contributed by atoms with Gasteiger partial charge in [0.2, 0.25) is 22.4 Å². The molecule has 0 aliphatic rings. The lowest BCUT2D eigenvalue weighted by atomic mass is 9.59. The highest BCUT2D eigenvalue weighted by Crippen LogP contribution is 2.41. The van der Waals surface area contributed by atoms with E-state index in [-0.39, 0.29) is 0 Å². The highest BCUT2D eigenvalue weighted by atomic mass is 16.4. The molecule has 0 aliphatic heterocycles. The SMILES string of the molecule is CC(=O)[C@@](O)([C@@](O)(C(C)=O)[C@@](O)(C=O)C(C)=O)[C@](O)(C=O)C(C)=O. The van der Waals surface area contributed by atoms with Gasteiger partial charge in [0.05, 0.1) is 0 Å². The van der Waals surface area contributed by atoms with Gasteiger partial charge >= 0.3 is 0 Å². The number of ketones is 4. The van der Waals surface area contributed by atoms with Gasteiger partial charge in [-0.1, -0.05) is 0 Å². The summed E-state index contributed by atoms with van der Waals surface area (Å²) in [4.78, 5) is 69.6. The Balaban J connectivity index is 7.34. The number of carbonyl (C=O) groups excluding carboxylic acids is 6. The molecule has 0 radical (unpaired) electrons.